The van der Waals surface area contributed by atoms with Crippen molar-refractivity contribution < 1.29 is 22.8 Å². The molecule has 3 rings (SSSR count). The summed E-state index contributed by atoms with van der Waals surface area (Å²) in [7, 11) is 0. The first-order valence-electron chi connectivity index (χ1n) is 7.72. The number of nitrogens with one attached hydrogen (secondary N) is 2. The van der Waals surface area contributed by atoms with Gasteiger partial charge in [0.2, 0.25) is 0 Å². The van der Waals surface area contributed by atoms with Crippen LogP contribution in [0.2, 0.25) is 0 Å². The predicted molar refractivity (Wildman–Crippen MR) is 86.3 cm³/mol. The van der Waals surface area contributed by atoms with E-state index in [1.807, 2.05) is 0 Å². The normalized spacial score (nSPS) is 14.0. The van der Waals surface area contributed by atoms with E-state index in [1.165, 1.54) is 36.4 Å². The lowest BCUT2D eigenvalue weighted by molar-refractivity contribution is -0.137. The van der Waals surface area contributed by atoms with E-state index in [-0.39, 0.29) is 23.2 Å². The van der Waals surface area contributed by atoms with Gasteiger partial charge in [-0.25, -0.2) is 0 Å². The van der Waals surface area contributed by atoms with Crippen molar-refractivity contribution in [2.75, 3.05) is 5.32 Å². The summed E-state index contributed by atoms with van der Waals surface area (Å²) in [5, 5.41) is 5.26. The summed E-state index contributed by atoms with van der Waals surface area (Å²) in [5.41, 5.74) is -0.101. The van der Waals surface area contributed by atoms with E-state index >= 15 is 0 Å². The second-order valence-electron chi connectivity index (χ2n) is 5.86. The lowest BCUT2D eigenvalue weighted by atomic mass is 10.1. The number of rotatable bonds is 4. The van der Waals surface area contributed by atoms with Crippen molar-refractivity contribution in [1.29, 1.82) is 0 Å². The number of hydrogen-bond acceptors (Lipinski definition) is 2. The first kappa shape index (κ1) is 17.0. The first-order valence-corrected chi connectivity index (χ1v) is 7.72. The standard InChI is InChI=1S/C18H15F3N2O2/c19-18(20,21)13-2-1-3-15(10-13)23-17(25)12-6-4-11(5-7-12)16(24)22-14-8-9-14/h1-7,10,14H,8-9H2,(H,22,24)(H,23,25). The highest BCUT2D eigenvalue weighted by atomic mass is 19.4. The molecule has 25 heavy (non-hydrogen) atoms. The molecule has 130 valence electrons. The molecule has 2 amide bonds. The van der Waals surface area contributed by atoms with Gasteiger partial charge in [-0.15, -0.1) is 0 Å². The maximum Gasteiger partial charge on any atom is 0.416 e. The molecule has 1 aliphatic rings. The molecular weight excluding hydrogens is 333 g/mol. The fourth-order valence-corrected chi connectivity index (χ4v) is 2.25. The molecule has 0 aromatic heterocycles. The number of alkyl halides is 3. The molecule has 1 aliphatic carbocycles. The van der Waals surface area contributed by atoms with Crippen LogP contribution in [0.3, 0.4) is 0 Å². The molecule has 0 unspecified atom stereocenters. The predicted octanol–water partition coefficient (Wildman–Crippen LogP) is 3.85. The van der Waals surface area contributed by atoms with Crippen molar-refractivity contribution in [3.05, 3.63) is 65.2 Å². The maximum atomic E-state index is 12.7. The van der Waals surface area contributed by atoms with Crippen molar-refractivity contribution >= 4 is 17.5 Å². The van der Waals surface area contributed by atoms with Gasteiger partial charge in [0.1, 0.15) is 0 Å². The van der Waals surface area contributed by atoms with Gasteiger partial charge >= 0.3 is 6.18 Å². The molecule has 1 fully saturated rings. The zero-order valence-electron chi connectivity index (χ0n) is 13.1. The van der Waals surface area contributed by atoms with Crippen LogP contribution in [0.1, 0.15) is 39.1 Å². The Labute approximate surface area is 142 Å². The van der Waals surface area contributed by atoms with E-state index in [9.17, 15) is 22.8 Å². The van der Waals surface area contributed by atoms with Gasteiger partial charge in [0.05, 0.1) is 5.56 Å². The van der Waals surface area contributed by atoms with Gasteiger partial charge in [0, 0.05) is 22.9 Å². The minimum absolute atomic E-state index is 0.0513. The molecule has 7 heteroatoms. The zero-order chi connectivity index (χ0) is 18.0. The van der Waals surface area contributed by atoms with E-state index < -0.39 is 17.6 Å². The summed E-state index contributed by atoms with van der Waals surface area (Å²) in [4.78, 5) is 24.0. The second-order valence-corrected chi connectivity index (χ2v) is 5.86. The maximum absolute atomic E-state index is 12.7. The molecule has 0 aliphatic heterocycles. The van der Waals surface area contributed by atoms with Gasteiger partial charge in [-0.3, -0.25) is 9.59 Å². The molecule has 0 spiro atoms. The summed E-state index contributed by atoms with van der Waals surface area (Å²) in [6, 6.07) is 10.6. The van der Waals surface area contributed by atoms with Crippen LogP contribution in [0.4, 0.5) is 18.9 Å². The number of halogens is 3. The number of carbonyl (C=O) groups is 2. The van der Waals surface area contributed by atoms with Crippen LogP contribution in [0.15, 0.2) is 48.5 Å². The average Bonchev–Trinajstić information content (AvgIpc) is 3.38. The summed E-state index contributed by atoms with van der Waals surface area (Å²) in [5.74, 6) is -0.749. The Balaban J connectivity index is 1.68. The van der Waals surface area contributed by atoms with Crippen LogP contribution in [-0.4, -0.2) is 17.9 Å². The van der Waals surface area contributed by atoms with Gasteiger partial charge in [-0.05, 0) is 55.3 Å². The highest BCUT2D eigenvalue weighted by Crippen LogP contribution is 2.30. The quantitative estimate of drug-likeness (QED) is 0.882. The summed E-state index contributed by atoms with van der Waals surface area (Å²) in [6.45, 7) is 0. The van der Waals surface area contributed by atoms with Crippen LogP contribution < -0.4 is 10.6 Å². The monoisotopic (exact) mass is 348 g/mol. The van der Waals surface area contributed by atoms with Crippen molar-refractivity contribution in [3.8, 4) is 0 Å². The number of hydrogen-bond donors (Lipinski definition) is 2. The van der Waals surface area contributed by atoms with Gasteiger partial charge in [-0.1, -0.05) is 6.07 Å². The molecule has 0 heterocycles. The van der Waals surface area contributed by atoms with E-state index in [2.05, 4.69) is 10.6 Å². The Bertz CT molecular complexity index is 797. The Morgan fingerprint density at radius 1 is 0.920 bits per heavy atom. The van der Waals surface area contributed by atoms with Gasteiger partial charge < -0.3 is 10.6 Å². The SMILES string of the molecule is O=C(Nc1cccc(C(F)(F)F)c1)c1ccc(C(=O)NC2CC2)cc1. The first-order chi connectivity index (χ1) is 11.8. The Hall–Kier alpha value is -2.83. The summed E-state index contributed by atoms with van der Waals surface area (Å²) in [6.07, 6.45) is -2.52. The van der Waals surface area contributed by atoms with Crippen molar-refractivity contribution in [2.45, 2.75) is 25.1 Å². The summed E-state index contributed by atoms with van der Waals surface area (Å²) >= 11 is 0. The molecule has 2 aromatic carbocycles. The highest BCUT2D eigenvalue weighted by Gasteiger charge is 2.30. The Morgan fingerprint density at radius 3 is 2.08 bits per heavy atom. The number of amides is 2. The number of anilines is 1. The smallest absolute Gasteiger partial charge is 0.349 e. The van der Waals surface area contributed by atoms with Crippen molar-refractivity contribution in [3.63, 3.8) is 0 Å². The molecule has 0 radical (unpaired) electrons. The molecule has 4 nitrogen and oxygen atoms in total. The third-order valence-corrected chi connectivity index (χ3v) is 3.77. The molecule has 0 bridgehead atoms. The molecule has 2 aromatic rings. The van der Waals surface area contributed by atoms with Gasteiger partial charge in [0.25, 0.3) is 11.8 Å². The number of benzene rings is 2. The third kappa shape index (κ3) is 4.37. The largest absolute Gasteiger partial charge is 0.416 e. The highest BCUT2D eigenvalue weighted by molar-refractivity contribution is 6.05. The van der Waals surface area contributed by atoms with E-state index in [0.717, 1.165) is 25.0 Å². The summed E-state index contributed by atoms with van der Waals surface area (Å²) < 4.78 is 38.1. The lowest BCUT2D eigenvalue weighted by Crippen LogP contribution is -2.25. The lowest BCUT2D eigenvalue weighted by Gasteiger charge is -2.10. The average molecular weight is 348 g/mol. The number of carbonyl (C=O) groups excluding carboxylic acids is 2. The zero-order valence-corrected chi connectivity index (χ0v) is 13.1. The second kappa shape index (κ2) is 6.58. The van der Waals surface area contributed by atoms with Crippen LogP contribution >= 0.6 is 0 Å². The molecule has 1 saturated carbocycles. The Morgan fingerprint density at radius 2 is 1.52 bits per heavy atom. The third-order valence-electron chi connectivity index (χ3n) is 3.77. The fourth-order valence-electron chi connectivity index (χ4n) is 2.25. The minimum atomic E-state index is -4.47. The molecule has 0 saturated heterocycles. The van der Waals surface area contributed by atoms with Crippen LogP contribution in [0.25, 0.3) is 0 Å². The van der Waals surface area contributed by atoms with Crippen LogP contribution in [-0.2, 0) is 6.18 Å². The van der Waals surface area contributed by atoms with Gasteiger partial charge in [0.15, 0.2) is 0 Å². The van der Waals surface area contributed by atoms with E-state index in [4.69, 9.17) is 0 Å². The molecule has 0 atom stereocenters. The van der Waals surface area contributed by atoms with Crippen LogP contribution in [0.5, 0.6) is 0 Å². The van der Waals surface area contributed by atoms with E-state index in [1.54, 1.807) is 0 Å². The van der Waals surface area contributed by atoms with Crippen LogP contribution in [0, 0.1) is 0 Å². The van der Waals surface area contributed by atoms with Crippen molar-refractivity contribution in [2.24, 2.45) is 0 Å². The molecule has 2 N–H and O–H groups in total. The fraction of sp³-hybridized carbons (Fsp3) is 0.222. The van der Waals surface area contributed by atoms with Crippen molar-refractivity contribution in [1.82, 2.24) is 5.32 Å². The Kier molecular flexibility index (Phi) is 4.48. The van der Waals surface area contributed by atoms with E-state index in [0.29, 0.717) is 5.56 Å². The van der Waals surface area contributed by atoms with Gasteiger partial charge in [-0.2, -0.15) is 13.2 Å². The molecular formula is C18H15F3N2O2. The minimum Gasteiger partial charge on any atom is -0.349 e. The topological polar surface area (TPSA) is 58.2 Å².